The van der Waals surface area contributed by atoms with E-state index in [-0.39, 0.29) is 0 Å². The van der Waals surface area contributed by atoms with Gasteiger partial charge in [0.2, 0.25) is 0 Å². The highest BCUT2D eigenvalue weighted by Gasteiger charge is 2.60. The molecule has 0 heterocycles. The van der Waals surface area contributed by atoms with Crippen LogP contribution in [-0.4, -0.2) is 5.71 Å². The number of hydrogen-bond acceptors (Lipinski definition) is 1. The first-order chi connectivity index (χ1) is 10.9. The molecule has 4 aliphatic rings. The summed E-state index contributed by atoms with van der Waals surface area (Å²) in [5.74, 6) is 5.46. The van der Waals surface area contributed by atoms with E-state index in [4.69, 9.17) is 5.41 Å². The second-order valence-electron chi connectivity index (χ2n) is 10.4. The van der Waals surface area contributed by atoms with Crippen molar-refractivity contribution in [3.8, 4) is 0 Å². The minimum Gasteiger partial charge on any atom is -0.310 e. The SMILES string of the molecule is CC(=N)C1CCC2C3CCC4CC(C)CCC4(C)C3CCC12C. The first-order valence-electron chi connectivity index (χ1n) is 10.4. The molecule has 0 spiro atoms. The van der Waals surface area contributed by atoms with Crippen LogP contribution >= 0.6 is 0 Å². The molecule has 0 radical (unpaired) electrons. The number of nitrogens with one attached hydrogen (secondary N) is 1. The van der Waals surface area contributed by atoms with Gasteiger partial charge in [-0.25, -0.2) is 0 Å². The molecule has 23 heavy (non-hydrogen) atoms. The lowest BCUT2D eigenvalue weighted by molar-refractivity contribution is -0.113. The summed E-state index contributed by atoms with van der Waals surface area (Å²) in [6, 6.07) is 0. The Morgan fingerprint density at radius 1 is 0.870 bits per heavy atom. The predicted molar refractivity (Wildman–Crippen MR) is 97.8 cm³/mol. The van der Waals surface area contributed by atoms with Crippen molar-refractivity contribution < 1.29 is 0 Å². The molecule has 0 bridgehead atoms. The quantitative estimate of drug-likeness (QED) is 0.547. The standard InChI is InChI=1S/C22H37N/c1-14-9-11-21(3)16(13-14)5-6-17-19-8-7-18(15(2)23)22(19,4)12-10-20(17)21/h14,16-20,23H,5-13H2,1-4H3. The molecule has 1 heteroatoms. The van der Waals surface area contributed by atoms with Crippen molar-refractivity contribution >= 4 is 5.71 Å². The smallest absolute Gasteiger partial charge is 0.00946 e. The van der Waals surface area contributed by atoms with E-state index in [0.29, 0.717) is 16.7 Å². The Morgan fingerprint density at radius 2 is 1.57 bits per heavy atom. The molecule has 0 amide bonds. The van der Waals surface area contributed by atoms with Crippen molar-refractivity contribution in [1.82, 2.24) is 0 Å². The number of fused-ring (bicyclic) bond motifs is 5. The van der Waals surface area contributed by atoms with E-state index in [0.717, 1.165) is 35.3 Å². The summed E-state index contributed by atoms with van der Waals surface area (Å²) >= 11 is 0. The average Bonchev–Trinajstić information content (AvgIpc) is 2.85. The predicted octanol–water partition coefficient (Wildman–Crippen LogP) is 6.32. The number of hydrogen-bond donors (Lipinski definition) is 1. The van der Waals surface area contributed by atoms with Crippen molar-refractivity contribution in [2.75, 3.05) is 0 Å². The van der Waals surface area contributed by atoms with Gasteiger partial charge in [0.25, 0.3) is 0 Å². The summed E-state index contributed by atoms with van der Waals surface area (Å²) in [6.07, 6.45) is 13.1. The molecular weight excluding hydrogens is 278 g/mol. The molecule has 4 fully saturated rings. The summed E-state index contributed by atoms with van der Waals surface area (Å²) in [7, 11) is 0. The minimum atomic E-state index is 0.457. The van der Waals surface area contributed by atoms with Crippen LogP contribution in [0.2, 0.25) is 0 Å². The molecule has 1 nitrogen and oxygen atoms in total. The van der Waals surface area contributed by atoms with Crippen LogP contribution in [0, 0.1) is 51.7 Å². The fraction of sp³-hybridized carbons (Fsp3) is 0.955. The van der Waals surface area contributed by atoms with Crippen LogP contribution in [0.4, 0.5) is 0 Å². The molecule has 0 aliphatic heterocycles. The minimum absolute atomic E-state index is 0.457. The van der Waals surface area contributed by atoms with Crippen molar-refractivity contribution in [3.05, 3.63) is 0 Å². The van der Waals surface area contributed by atoms with Gasteiger partial charge in [-0.1, -0.05) is 27.2 Å². The largest absolute Gasteiger partial charge is 0.310 e. The summed E-state index contributed by atoms with van der Waals surface area (Å²) in [5, 5.41) is 8.28. The molecule has 0 aromatic heterocycles. The highest BCUT2D eigenvalue weighted by Crippen LogP contribution is 2.67. The third-order valence-corrected chi connectivity index (χ3v) is 9.45. The normalized spacial score (nSPS) is 55.7. The zero-order chi connectivity index (χ0) is 16.4. The highest BCUT2D eigenvalue weighted by molar-refractivity contribution is 5.82. The third kappa shape index (κ3) is 2.20. The summed E-state index contributed by atoms with van der Waals surface area (Å²) in [6.45, 7) is 9.79. The summed E-state index contributed by atoms with van der Waals surface area (Å²) in [4.78, 5) is 0. The van der Waals surface area contributed by atoms with E-state index in [9.17, 15) is 0 Å². The zero-order valence-corrected chi connectivity index (χ0v) is 15.8. The summed E-state index contributed by atoms with van der Waals surface area (Å²) in [5.41, 5.74) is 2.08. The average molecular weight is 316 g/mol. The van der Waals surface area contributed by atoms with Gasteiger partial charge >= 0.3 is 0 Å². The Bertz CT molecular complexity index is 496. The van der Waals surface area contributed by atoms with Gasteiger partial charge in [-0.05, 0) is 98.7 Å². The van der Waals surface area contributed by atoms with E-state index in [1.54, 1.807) is 0 Å². The van der Waals surface area contributed by atoms with Crippen LogP contribution in [0.3, 0.4) is 0 Å². The van der Waals surface area contributed by atoms with Crippen LogP contribution in [0.25, 0.3) is 0 Å². The van der Waals surface area contributed by atoms with Gasteiger partial charge in [0.1, 0.15) is 0 Å². The fourth-order valence-electron chi connectivity index (χ4n) is 8.18. The lowest BCUT2D eigenvalue weighted by Gasteiger charge is -2.61. The first kappa shape index (κ1) is 16.2. The highest BCUT2D eigenvalue weighted by atomic mass is 14.7. The van der Waals surface area contributed by atoms with Gasteiger partial charge in [-0.3, -0.25) is 0 Å². The zero-order valence-electron chi connectivity index (χ0n) is 15.8. The van der Waals surface area contributed by atoms with Gasteiger partial charge < -0.3 is 5.41 Å². The van der Waals surface area contributed by atoms with E-state index in [1.165, 1.54) is 57.8 Å². The molecule has 8 unspecified atom stereocenters. The Hall–Kier alpha value is -0.330. The molecule has 130 valence electrons. The van der Waals surface area contributed by atoms with Crippen molar-refractivity contribution in [2.24, 2.45) is 46.3 Å². The molecule has 8 atom stereocenters. The maximum absolute atomic E-state index is 8.28. The van der Waals surface area contributed by atoms with Crippen molar-refractivity contribution in [1.29, 1.82) is 5.41 Å². The maximum Gasteiger partial charge on any atom is 0.00946 e. The maximum atomic E-state index is 8.28. The monoisotopic (exact) mass is 315 g/mol. The topological polar surface area (TPSA) is 23.9 Å². The van der Waals surface area contributed by atoms with Crippen LogP contribution < -0.4 is 0 Å². The van der Waals surface area contributed by atoms with Gasteiger partial charge in [-0.2, -0.15) is 0 Å². The van der Waals surface area contributed by atoms with Crippen LogP contribution in [0.5, 0.6) is 0 Å². The molecule has 1 N–H and O–H groups in total. The van der Waals surface area contributed by atoms with E-state index >= 15 is 0 Å². The van der Waals surface area contributed by atoms with Gasteiger partial charge in [-0.15, -0.1) is 0 Å². The van der Waals surface area contributed by atoms with Gasteiger partial charge in [0.15, 0.2) is 0 Å². The Kier molecular flexibility index (Phi) is 3.75. The second-order valence-corrected chi connectivity index (χ2v) is 10.4. The molecule has 4 rings (SSSR count). The Labute approximate surface area is 143 Å². The van der Waals surface area contributed by atoms with Crippen LogP contribution in [-0.2, 0) is 0 Å². The second kappa shape index (κ2) is 5.33. The van der Waals surface area contributed by atoms with Gasteiger partial charge in [0.05, 0.1) is 0 Å². The first-order valence-corrected chi connectivity index (χ1v) is 10.4. The lowest BCUT2D eigenvalue weighted by atomic mass is 9.44. The van der Waals surface area contributed by atoms with E-state index in [2.05, 4.69) is 27.7 Å². The van der Waals surface area contributed by atoms with Crippen LogP contribution in [0.1, 0.15) is 85.5 Å². The molecule has 0 aromatic rings. The molecular formula is C22H37N. The summed E-state index contributed by atoms with van der Waals surface area (Å²) < 4.78 is 0. The van der Waals surface area contributed by atoms with E-state index < -0.39 is 0 Å². The fourth-order valence-corrected chi connectivity index (χ4v) is 8.18. The van der Waals surface area contributed by atoms with E-state index in [1.807, 2.05) is 0 Å². The third-order valence-electron chi connectivity index (χ3n) is 9.45. The molecule has 0 saturated heterocycles. The van der Waals surface area contributed by atoms with Crippen molar-refractivity contribution in [3.63, 3.8) is 0 Å². The van der Waals surface area contributed by atoms with Crippen molar-refractivity contribution in [2.45, 2.75) is 85.5 Å². The molecule has 0 aromatic carbocycles. The molecule has 4 saturated carbocycles. The number of rotatable bonds is 1. The molecule has 4 aliphatic carbocycles. The van der Waals surface area contributed by atoms with Crippen LogP contribution in [0.15, 0.2) is 0 Å². The lowest BCUT2D eigenvalue weighted by Crippen LogP contribution is -2.53. The van der Waals surface area contributed by atoms with Gasteiger partial charge in [0, 0.05) is 11.6 Å². The Morgan fingerprint density at radius 3 is 2.30 bits per heavy atom. The Balaban J connectivity index is 1.61.